The largest absolute Gasteiger partial charge is 0.396 e. The van der Waals surface area contributed by atoms with E-state index in [9.17, 15) is 9.50 Å². The minimum atomic E-state index is -0.230. The Morgan fingerprint density at radius 3 is 2.41 bits per heavy atom. The van der Waals surface area contributed by atoms with Crippen LogP contribution in [-0.2, 0) is 5.41 Å². The summed E-state index contributed by atoms with van der Waals surface area (Å²) in [6.45, 7) is 11.0. The minimum absolute atomic E-state index is 0.133. The number of nitrogens with zero attached hydrogens (tertiary/aromatic N) is 2. The van der Waals surface area contributed by atoms with Crippen LogP contribution in [0.3, 0.4) is 0 Å². The first-order valence-corrected chi connectivity index (χ1v) is 13.0. The van der Waals surface area contributed by atoms with E-state index in [2.05, 4.69) is 66.7 Å². The maximum absolute atomic E-state index is 13.5. The first-order valence-electron chi connectivity index (χ1n) is 12.2. The van der Waals surface area contributed by atoms with E-state index in [1.165, 1.54) is 33.9 Å². The number of aliphatic hydroxyl groups is 1. The molecule has 4 nitrogen and oxygen atoms in total. The second-order valence-corrected chi connectivity index (χ2v) is 12.0. The first-order chi connectivity index (χ1) is 16.1. The van der Waals surface area contributed by atoms with Gasteiger partial charge in [0.05, 0.1) is 12.3 Å². The predicted octanol–water partition coefficient (Wildman–Crippen LogP) is 6.14. The number of nitrogens with one attached hydrogen (secondary N) is 1. The molecule has 0 radical (unpaired) electrons. The van der Waals surface area contributed by atoms with Gasteiger partial charge in [-0.2, -0.15) is 0 Å². The van der Waals surface area contributed by atoms with Crippen LogP contribution in [0.4, 0.5) is 10.1 Å². The Bertz CT molecular complexity index is 1020. The average Bonchev–Trinajstić information content (AvgIpc) is 2.81. The van der Waals surface area contributed by atoms with Crippen LogP contribution in [0.5, 0.6) is 0 Å². The summed E-state index contributed by atoms with van der Waals surface area (Å²) in [7, 11) is 1.90. The van der Waals surface area contributed by atoms with E-state index in [0.717, 1.165) is 38.0 Å². The lowest BCUT2D eigenvalue weighted by atomic mass is 9.63. The molecule has 0 amide bonds. The molecule has 2 aromatic rings. The summed E-state index contributed by atoms with van der Waals surface area (Å²) < 4.78 is 15.9. The van der Waals surface area contributed by atoms with Crippen molar-refractivity contribution < 1.29 is 9.50 Å². The molecule has 2 aromatic carbocycles. The molecule has 6 heteroatoms. The van der Waals surface area contributed by atoms with Crippen molar-refractivity contribution in [2.75, 3.05) is 31.8 Å². The van der Waals surface area contributed by atoms with Gasteiger partial charge in [0.1, 0.15) is 5.82 Å². The third kappa shape index (κ3) is 5.20. The lowest BCUT2D eigenvalue weighted by Gasteiger charge is -2.51. The van der Waals surface area contributed by atoms with Crippen LogP contribution in [0, 0.1) is 17.2 Å². The van der Waals surface area contributed by atoms with Crippen molar-refractivity contribution in [1.82, 2.24) is 9.73 Å². The van der Waals surface area contributed by atoms with Gasteiger partial charge in [0, 0.05) is 36.1 Å². The number of rotatable bonds is 6. The quantitative estimate of drug-likeness (QED) is 0.381. The van der Waals surface area contributed by atoms with Crippen LogP contribution in [0.15, 0.2) is 64.7 Å². The molecule has 1 saturated heterocycles. The van der Waals surface area contributed by atoms with Crippen LogP contribution in [0.25, 0.3) is 0 Å². The summed E-state index contributed by atoms with van der Waals surface area (Å²) in [6.07, 6.45) is 2.82. The Kier molecular flexibility index (Phi) is 7.44. The molecule has 0 saturated carbocycles. The molecule has 2 N–H and O–H groups in total. The van der Waals surface area contributed by atoms with Crippen molar-refractivity contribution in [3.63, 3.8) is 0 Å². The van der Waals surface area contributed by atoms with Crippen LogP contribution in [0.1, 0.15) is 52.5 Å². The van der Waals surface area contributed by atoms with Gasteiger partial charge in [0.25, 0.3) is 0 Å². The van der Waals surface area contributed by atoms with E-state index in [-0.39, 0.29) is 23.3 Å². The lowest BCUT2D eigenvalue weighted by molar-refractivity contribution is 0.00407. The standard InChI is InChI=1S/C28H38FN3OS/c1-20-17-28(19-33)18-31(34-25-12-6-21(7-13-25)27(2,3)4)15-14-22(28)16-26(20)32(30-5)24-10-8-23(29)9-11-24/h6-13,22,30,33H,14-19H2,1-5H3. The van der Waals surface area contributed by atoms with Crippen LogP contribution >= 0.6 is 11.9 Å². The third-order valence-electron chi connectivity index (χ3n) is 7.48. The van der Waals surface area contributed by atoms with Gasteiger partial charge in [-0.05, 0) is 91.4 Å². The van der Waals surface area contributed by atoms with Crippen LogP contribution in [0.2, 0.25) is 0 Å². The van der Waals surface area contributed by atoms with Gasteiger partial charge < -0.3 is 5.11 Å². The molecule has 1 heterocycles. The smallest absolute Gasteiger partial charge is 0.123 e. The van der Waals surface area contributed by atoms with Crippen molar-refractivity contribution in [2.24, 2.45) is 11.3 Å². The lowest BCUT2D eigenvalue weighted by Crippen LogP contribution is -2.52. The van der Waals surface area contributed by atoms with Gasteiger partial charge in [-0.1, -0.05) is 38.5 Å². The molecule has 1 aliphatic heterocycles. The Hall–Kier alpha value is -1.86. The maximum Gasteiger partial charge on any atom is 0.123 e. The Labute approximate surface area is 208 Å². The number of halogens is 1. The molecule has 1 aliphatic carbocycles. The van der Waals surface area contributed by atoms with Gasteiger partial charge in [-0.25, -0.2) is 14.1 Å². The van der Waals surface area contributed by atoms with Crippen molar-refractivity contribution >= 4 is 17.6 Å². The molecule has 2 aliphatic rings. The van der Waals surface area contributed by atoms with E-state index in [1.54, 1.807) is 0 Å². The fraction of sp³-hybridized carbons (Fsp3) is 0.500. The fourth-order valence-electron chi connectivity index (χ4n) is 5.49. The molecular weight excluding hydrogens is 445 g/mol. The predicted molar refractivity (Wildman–Crippen MR) is 140 cm³/mol. The van der Waals surface area contributed by atoms with E-state index in [4.69, 9.17) is 0 Å². The van der Waals surface area contributed by atoms with Crippen molar-refractivity contribution in [3.05, 3.63) is 71.2 Å². The van der Waals surface area contributed by atoms with E-state index in [1.807, 2.05) is 31.1 Å². The second-order valence-electron chi connectivity index (χ2n) is 10.9. The Morgan fingerprint density at radius 1 is 1.15 bits per heavy atom. The number of benzene rings is 2. The molecule has 0 aromatic heterocycles. The Morgan fingerprint density at radius 2 is 1.82 bits per heavy atom. The van der Waals surface area contributed by atoms with Gasteiger partial charge >= 0.3 is 0 Å². The topological polar surface area (TPSA) is 38.7 Å². The Balaban J connectivity index is 1.51. The SMILES string of the molecule is CNN(C1=C(C)CC2(CO)CN(Sc3ccc(C(C)(C)C)cc3)CCC2C1)c1ccc(F)cc1. The average molecular weight is 484 g/mol. The van der Waals surface area contributed by atoms with Gasteiger partial charge in [-0.3, -0.25) is 5.01 Å². The van der Waals surface area contributed by atoms with Gasteiger partial charge in [0.15, 0.2) is 0 Å². The number of piperidine rings is 1. The summed E-state index contributed by atoms with van der Waals surface area (Å²) in [5.41, 5.74) is 8.12. The number of hydrogen-bond donors (Lipinski definition) is 2. The number of fused-ring (bicyclic) bond motifs is 1. The van der Waals surface area contributed by atoms with Crippen LogP contribution in [-0.4, -0.2) is 36.2 Å². The zero-order valence-electron chi connectivity index (χ0n) is 21.1. The normalized spacial score (nSPS) is 23.7. The number of aliphatic hydroxyl groups excluding tert-OH is 1. The summed E-state index contributed by atoms with van der Waals surface area (Å²) in [4.78, 5) is 1.25. The zero-order valence-corrected chi connectivity index (χ0v) is 21.9. The first kappa shape index (κ1) is 25.2. The van der Waals surface area contributed by atoms with E-state index < -0.39 is 0 Å². The van der Waals surface area contributed by atoms with E-state index in [0.29, 0.717) is 5.92 Å². The fourth-order valence-corrected chi connectivity index (χ4v) is 6.57. The molecule has 2 unspecified atom stereocenters. The maximum atomic E-state index is 13.5. The molecule has 0 bridgehead atoms. The second kappa shape index (κ2) is 10.0. The van der Waals surface area contributed by atoms with Crippen LogP contribution < -0.4 is 10.4 Å². The summed E-state index contributed by atoms with van der Waals surface area (Å²) in [5.74, 6) is 0.180. The van der Waals surface area contributed by atoms with Crippen molar-refractivity contribution in [3.8, 4) is 0 Å². The molecule has 1 fully saturated rings. The minimum Gasteiger partial charge on any atom is -0.396 e. The molecule has 34 heavy (non-hydrogen) atoms. The molecule has 2 atom stereocenters. The highest BCUT2D eigenvalue weighted by Gasteiger charge is 2.47. The number of allylic oxidation sites excluding steroid dienone is 2. The number of anilines is 1. The summed E-state index contributed by atoms with van der Waals surface area (Å²) in [6, 6.07) is 15.5. The molecule has 4 rings (SSSR count). The van der Waals surface area contributed by atoms with Gasteiger partial charge in [-0.15, -0.1) is 0 Å². The zero-order chi connectivity index (χ0) is 24.5. The van der Waals surface area contributed by atoms with Gasteiger partial charge in [0.2, 0.25) is 0 Å². The molecular formula is C28H38FN3OS. The monoisotopic (exact) mass is 483 g/mol. The van der Waals surface area contributed by atoms with Crippen molar-refractivity contribution in [2.45, 2.75) is 57.3 Å². The number of hydrogen-bond acceptors (Lipinski definition) is 5. The number of hydrazine groups is 1. The van der Waals surface area contributed by atoms with E-state index >= 15 is 0 Å². The molecule has 0 spiro atoms. The highest BCUT2D eigenvalue weighted by Crippen LogP contribution is 2.50. The summed E-state index contributed by atoms with van der Waals surface area (Å²) in [5, 5.41) is 12.7. The highest BCUT2D eigenvalue weighted by atomic mass is 32.2. The third-order valence-corrected chi connectivity index (χ3v) is 8.53. The molecule has 184 valence electrons. The highest BCUT2D eigenvalue weighted by molar-refractivity contribution is 7.97. The van der Waals surface area contributed by atoms with Crippen molar-refractivity contribution in [1.29, 1.82) is 0 Å². The summed E-state index contributed by atoms with van der Waals surface area (Å²) >= 11 is 1.81.